The fraction of sp³-hybridized carbons (Fsp3) is 1.00. The van der Waals surface area contributed by atoms with E-state index in [0.717, 1.165) is 24.3 Å². The Labute approximate surface area is 66.3 Å². The molecule has 0 saturated carbocycles. The van der Waals surface area contributed by atoms with Crippen LogP contribution < -0.4 is 0 Å². The van der Waals surface area contributed by atoms with Gasteiger partial charge < -0.3 is 0 Å². The fourth-order valence-corrected chi connectivity index (χ4v) is 3.86. The van der Waals surface area contributed by atoms with Crippen LogP contribution in [0.2, 0.25) is 0 Å². The van der Waals surface area contributed by atoms with Gasteiger partial charge in [-0.15, -0.1) is 0 Å². The standard InChI is InChI=1S/C6H12O2S2/c7-10(8)5-2-1-3-9-4-6-10/h1-6H2. The van der Waals surface area contributed by atoms with Crippen LogP contribution in [0.1, 0.15) is 12.8 Å². The van der Waals surface area contributed by atoms with E-state index in [0.29, 0.717) is 11.5 Å². The topological polar surface area (TPSA) is 34.1 Å². The molecule has 1 rings (SSSR count). The van der Waals surface area contributed by atoms with Crippen molar-refractivity contribution in [2.45, 2.75) is 12.8 Å². The van der Waals surface area contributed by atoms with Crippen LogP contribution in [0.4, 0.5) is 0 Å². The van der Waals surface area contributed by atoms with Gasteiger partial charge >= 0.3 is 0 Å². The van der Waals surface area contributed by atoms with Gasteiger partial charge in [-0.1, -0.05) is 0 Å². The summed E-state index contributed by atoms with van der Waals surface area (Å²) in [5.41, 5.74) is 0. The highest BCUT2D eigenvalue weighted by Gasteiger charge is 2.12. The molecule has 60 valence electrons. The van der Waals surface area contributed by atoms with E-state index in [4.69, 9.17) is 0 Å². The Morgan fingerprint density at radius 1 is 1.00 bits per heavy atom. The minimum absolute atomic E-state index is 0.387. The van der Waals surface area contributed by atoms with E-state index in [2.05, 4.69) is 0 Å². The third-order valence-corrected chi connectivity index (χ3v) is 4.60. The zero-order valence-corrected chi connectivity index (χ0v) is 7.51. The third-order valence-electron chi connectivity index (χ3n) is 1.53. The van der Waals surface area contributed by atoms with Gasteiger partial charge in [0.25, 0.3) is 0 Å². The summed E-state index contributed by atoms with van der Waals surface area (Å²) in [6, 6.07) is 0. The molecule has 0 aliphatic carbocycles. The van der Waals surface area contributed by atoms with Crippen molar-refractivity contribution in [1.82, 2.24) is 0 Å². The van der Waals surface area contributed by atoms with Gasteiger partial charge in [0.05, 0.1) is 11.5 Å². The monoisotopic (exact) mass is 180 g/mol. The maximum absolute atomic E-state index is 11.0. The molecule has 0 unspecified atom stereocenters. The number of sulfone groups is 1. The van der Waals surface area contributed by atoms with E-state index >= 15 is 0 Å². The Morgan fingerprint density at radius 3 is 2.60 bits per heavy atom. The molecule has 1 aliphatic heterocycles. The van der Waals surface area contributed by atoms with Gasteiger partial charge in [0.2, 0.25) is 0 Å². The zero-order chi connectivity index (χ0) is 7.45. The van der Waals surface area contributed by atoms with Gasteiger partial charge in [-0.2, -0.15) is 11.8 Å². The Kier molecular flexibility index (Phi) is 3.04. The molecule has 0 N–H and O–H groups in total. The highest BCUT2D eigenvalue weighted by molar-refractivity contribution is 8.00. The van der Waals surface area contributed by atoms with Gasteiger partial charge in [-0.05, 0) is 18.6 Å². The summed E-state index contributed by atoms with van der Waals surface area (Å²) in [5.74, 6) is 2.73. The number of hydrogen-bond donors (Lipinski definition) is 0. The van der Waals surface area contributed by atoms with E-state index in [1.807, 2.05) is 0 Å². The van der Waals surface area contributed by atoms with Crippen molar-refractivity contribution in [3.8, 4) is 0 Å². The second kappa shape index (κ2) is 3.62. The summed E-state index contributed by atoms with van der Waals surface area (Å²) in [6.45, 7) is 0. The molecule has 1 saturated heterocycles. The van der Waals surface area contributed by atoms with Crippen molar-refractivity contribution < 1.29 is 8.42 Å². The minimum atomic E-state index is -2.66. The van der Waals surface area contributed by atoms with E-state index in [9.17, 15) is 8.42 Å². The molecular weight excluding hydrogens is 168 g/mol. The summed E-state index contributed by atoms with van der Waals surface area (Å²) in [4.78, 5) is 0. The van der Waals surface area contributed by atoms with Crippen LogP contribution in [0.3, 0.4) is 0 Å². The lowest BCUT2D eigenvalue weighted by Gasteiger charge is -2.07. The van der Waals surface area contributed by atoms with Gasteiger partial charge in [-0.3, -0.25) is 0 Å². The Morgan fingerprint density at radius 2 is 1.80 bits per heavy atom. The van der Waals surface area contributed by atoms with Crippen molar-refractivity contribution in [1.29, 1.82) is 0 Å². The molecule has 1 fully saturated rings. The first-order valence-corrected chi connectivity index (χ1v) is 6.46. The van der Waals surface area contributed by atoms with Crippen LogP contribution in [-0.4, -0.2) is 31.4 Å². The summed E-state index contributed by atoms with van der Waals surface area (Å²) < 4.78 is 22.0. The van der Waals surface area contributed by atoms with Crippen LogP contribution in [0.5, 0.6) is 0 Å². The predicted octanol–water partition coefficient (Wildman–Crippen LogP) is 0.928. The van der Waals surface area contributed by atoms with Crippen LogP contribution in [0, 0.1) is 0 Å². The largest absolute Gasteiger partial charge is 0.229 e. The minimum Gasteiger partial charge on any atom is -0.229 e. The average Bonchev–Trinajstić information content (AvgIpc) is 1.81. The molecule has 1 heterocycles. The summed E-state index contributed by atoms with van der Waals surface area (Å²) in [7, 11) is -2.66. The van der Waals surface area contributed by atoms with E-state index in [-0.39, 0.29) is 0 Å². The molecular formula is C6H12O2S2. The molecule has 0 radical (unpaired) electrons. The lowest BCUT2D eigenvalue weighted by Crippen LogP contribution is -2.15. The molecule has 0 aromatic rings. The first kappa shape index (κ1) is 8.40. The van der Waals surface area contributed by atoms with Crippen LogP contribution in [0.15, 0.2) is 0 Å². The molecule has 0 aromatic carbocycles. The third kappa shape index (κ3) is 2.92. The van der Waals surface area contributed by atoms with Crippen molar-refractivity contribution in [2.24, 2.45) is 0 Å². The Bertz CT molecular complexity index is 170. The Balaban J connectivity index is 2.46. The molecule has 0 amide bonds. The summed E-state index contributed by atoms with van der Waals surface area (Å²) in [6.07, 6.45) is 1.92. The second-order valence-corrected chi connectivity index (χ2v) is 6.00. The lowest BCUT2D eigenvalue weighted by molar-refractivity contribution is 0.594. The van der Waals surface area contributed by atoms with Gasteiger partial charge in [0.15, 0.2) is 9.84 Å². The molecule has 0 spiro atoms. The van der Waals surface area contributed by atoms with Crippen LogP contribution in [0.25, 0.3) is 0 Å². The normalized spacial score (nSPS) is 26.8. The number of rotatable bonds is 0. The Hall–Kier alpha value is 0.300. The van der Waals surface area contributed by atoms with Crippen molar-refractivity contribution >= 4 is 21.6 Å². The summed E-state index contributed by atoms with van der Waals surface area (Å²) in [5, 5.41) is 0. The second-order valence-electron chi connectivity index (χ2n) is 2.47. The smallest absolute Gasteiger partial charge is 0.151 e. The first-order valence-electron chi connectivity index (χ1n) is 3.49. The van der Waals surface area contributed by atoms with Crippen molar-refractivity contribution in [3.05, 3.63) is 0 Å². The maximum Gasteiger partial charge on any atom is 0.151 e. The maximum atomic E-state index is 11.0. The molecule has 0 atom stereocenters. The highest BCUT2D eigenvalue weighted by Crippen LogP contribution is 2.11. The number of hydrogen-bond acceptors (Lipinski definition) is 3. The predicted molar refractivity (Wildman–Crippen MR) is 45.2 cm³/mol. The van der Waals surface area contributed by atoms with Crippen molar-refractivity contribution in [2.75, 3.05) is 23.0 Å². The zero-order valence-electron chi connectivity index (χ0n) is 5.88. The van der Waals surface area contributed by atoms with E-state index in [1.165, 1.54) is 0 Å². The molecule has 0 bridgehead atoms. The van der Waals surface area contributed by atoms with Gasteiger partial charge in [0, 0.05) is 5.75 Å². The average molecular weight is 180 g/mol. The van der Waals surface area contributed by atoms with Crippen LogP contribution in [-0.2, 0) is 9.84 Å². The molecule has 1 aliphatic rings. The molecule has 10 heavy (non-hydrogen) atoms. The molecule has 4 heteroatoms. The summed E-state index contributed by atoms with van der Waals surface area (Å²) >= 11 is 1.75. The van der Waals surface area contributed by atoms with Gasteiger partial charge in [-0.25, -0.2) is 8.42 Å². The molecule has 0 aromatic heterocycles. The van der Waals surface area contributed by atoms with E-state index < -0.39 is 9.84 Å². The number of thioether (sulfide) groups is 1. The van der Waals surface area contributed by atoms with E-state index in [1.54, 1.807) is 11.8 Å². The SMILES string of the molecule is O=S1(=O)CCCCSCC1. The fourth-order valence-electron chi connectivity index (χ4n) is 0.916. The highest BCUT2D eigenvalue weighted by atomic mass is 32.2. The van der Waals surface area contributed by atoms with Crippen LogP contribution >= 0.6 is 11.8 Å². The van der Waals surface area contributed by atoms with Crippen molar-refractivity contribution in [3.63, 3.8) is 0 Å². The quantitative estimate of drug-likeness (QED) is 0.556. The lowest BCUT2D eigenvalue weighted by atomic mass is 10.4. The van der Waals surface area contributed by atoms with Gasteiger partial charge in [0.1, 0.15) is 0 Å². The molecule has 2 nitrogen and oxygen atoms in total. The first-order chi connectivity index (χ1) is 4.71.